The Morgan fingerprint density at radius 3 is 3.12 bits per heavy atom. The molecule has 16 heavy (non-hydrogen) atoms. The van der Waals surface area contributed by atoms with Crippen molar-refractivity contribution in [1.29, 1.82) is 0 Å². The van der Waals surface area contributed by atoms with E-state index in [0.29, 0.717) is 6.54 Å². The van der Waals surface area contributed by atoms with Crippen LogP contribution in [0, 0.1) is 0 Å². The summed E-state index contributed by atoms with van der Waals surface area (Å²) in [7, 11) is 1.90. The van der Waals surface area contributed by atoms with Gasteiger partial charge in [-0.25, -0.2) is 0 Å². The van der Waals surface area contributed by atoms with Crippen LogP contribution in [0.1, 0.15) is 24.6 Å². The quantitative estimate of drug-likeness (QED) is 0.736. The normalized spacial score (nSPS) is 21.1. The number of hydrogen-bond acceptors (Lipinski definition) is 4. The molecular weight excluding hydrogens is 208 g/mol. The van der Waals surface area contributed by atoms with Crippen molar-refractivity contribution in [3.63, 3.8) is 0 Å². The lowest BCUT2D eigenvalue weighted by Crippen LogP contribution is -2.41. The van der Waals surface area contributed by atoms with Gasteiger partial charge in [-0.3, -0.25) is 4.79 Å². The van der Waals surface area contributed by atoms with Gasteiger partial charge in [0.05, 0.1) is 0 Å². The number of aryl methyl sites for hydroxylation is 1. The highest BCUT2D eigenvalue weighted by Crippen LogP contribution is 2.24. The maximum Gasteiger partial charge on any atom is 0.248 e. The third kappa shape index (κ3) is 2.06. The second-order valence-corrected chi connectivity index (χ2v) is 4.14. The summed E-state index contributed by atoms with van der Waals surface area (Å²) in [6, 6.07) is 0. The summed E-state index contributed by atoms with van der Waals surface area (Å²) in [6.45, 7) is 0.950. The van der Waals surface area contributed by atoms with Crippen molar-refractivity contribution in [3.05, 3.63) is 12.2 Å². The number of rotatable bonds is 2. The lowest BCUT2D eigenvalue weighted by molar-refractivity contribution is -0.135. The number of carbonyl (C=O) groups excluding carboxylic acids is 1. The molecule has 1 amide bonds. The average molecular weight is 224 g/mol. The molecule has 1 saturated heterocycles. The standard InChI is InChI=1S/C10H16N4O2/c1-13-7-11-12-10(13)8-3-2-4-14(5-8)9(16)6-15/h7-8,15H,2-6H2,1H3. The lowest BCUT2D eigenvalue weighted by Gasteiger charge is -2.31. The van der Waals surface area contributed by atoms with Gasteiger partial charge in [-0.2, -0.15) is 0 Å². The van der Waals surface area contributed by atoms with Crippen LogP contribution in [0.2, 0.25) is 0 Å². The van der Waals surface area contributed by atoms with Gasteiger partial charge in [0.2, 0.25) is 5.91 Å². The summed E-state index contributed by atoms with van der Waals surface area (Å²) in [5.41, 5.74) is 0. The van der Waals surface area contributed by atoms with Crippen LogP contribution in [0.25, 0.3) is 0 Å². The van der Waals surface area contributed by atoms with Crippen LogP contribution in [0.15, 0.2) is 6.33 Å². The molecule has 1 aliphatic heterocycles. The molecule has 88 valence electrons. The van der Waals surface area contributed by atoms with Gasteiger partial charge in [0, 0.05) is 26.1 Å². The van der Waals surface area contributed by atoms with E-state index in [1.54, 1.807) is 11.2 Å². The van der Waals surface area contributed by atoms with Crippen LogP contribution in [-0.4, -0.2) is 50.4 Å². The fourth-order valence-electron chi connectivity index (χ4n) is 2.18. The van der Waals surface area contributed by atoms with E-state index in [-0.39, 0.29) is 11.8 Å². The van der Waals surface area contributed by atoms with Gasteiger partial charge in [-0.05, 0) is 12.8 Å². The van der Waals surface area contributed by atoms with Crippen LogP contribution in [0.4, 0.5) is 0 Å². The van der Waals surface area contributed by atoms with E-state index in [9.17, 15) is 4.79 Å². The zero-order chi connectivity index (χ0) is 11.5. The summed E-state index contributed by atoms with van der Waals surface area (Å²) < 4.78 is 1.89. The molecule has 0 spiro atoms. The minimum atomic E-state index is -0.411. The molecule has 2 rings (SSSR count). The van der Waals surface area contributed by atoms with Crippen LogP contribution in [0.5, 0.6) is 0 Å². The van der Waals surface area contributed by atoms with E-state index >= 15 is 0 Å². The third-order valence-electron chi connectivity index (χ3n) is 3.02. The first kappa shape index (κ1) is 11.1. The molecule has 2 heterocycles. The summed E-state index contributed by atoms with van der Waals surface area (Å²) in [4.78, 5) is 13.1. The van der Waals surface area contributed by atoms with Gasteiger partial charge in [-0.1, -0.05) is 0 Å². The van der Waals surface area contributed by atoms with Crippen LogP contribution < -0.4 is 0 Å². The van der Waals surface area contributed by atoms with Crippen molar-refractivity contribution >= 4 is 5.91 Å². The minimum absolute atomic E-state index is 0.202. The molecule has 1 atom stereocenters. The molecule has 0 aliphatic carbocycles. The van der Waals surface area contributed by atoms with E-state index in [0.717, 1.165) is 25.2 Å². The minimum Gasteiger partial charge on any atom is -0.387 e. The summed E-state index contributed by atoms with van der Waals surface area (Å²) in [5.74, 6) is 0.944. The Labute approximate surface area is 93.9 Å². The van der Waals surface area contributed by atoms with Crippen LogP contribution in [-0.2, 0) is 11.8 Å². The molecule has 0 aromatic carbocycles. The number of aliphatic hydroxyl groups is 1. The van der Waals surface area contributed by atoms with Crippen LogP contribution in [0.3, 0.4) is 0 Å². The molecule has 1 fully saturated rings. The van der Waals surface area contributed by atoms with E-state index in [2.05, 4.69) is 10.2 Å². The van der Waals surface area contributed by atoms with Gasteiger partial charge in [-0.15, -0.1) is 10.2 Å². The fourth-order valence-corrected chi connectivity index (χ4v) is 2.18. The van der Waals surface area contributed by atoms with Gasteiger partial charge < -0.3 is 14.6 Å². The third-order valence-corrected chi connectivity index (χ3v) is 3.02. The zero-order valence-corrected chi connectivity index (χ0v) is 9.33. The molecule has 0 bridgehead atoms. The zero-order valence-electron chi connectivity index (χ0n) is 9.33. The smallest absolute Gasteiger partial charge is 0.248 e. The molecule has 0 radical (unpaired) electrons. The van der Waals surface area contributed by atoms with Crippen LogP contribution >= 0.6 is 0 Å². The Hall–Kier alpha value is -1.43. The van der Waals surface area contributed by atoms with Crippen molar-refractivity contribution in [2.45, 2.75) is 18.8 Å². The monoisotopic (exact) mass is 224 g/mol. The lowest BCUT2D eigenvalue weighted by atomic mass is 9.97. The topological polar surface area (TPSA) is 71.2 Å². The number of aromatic nitrogens is 3. The molecule has 1 aliphatic rings. The van der Waals surface area contributed by atoms with Crippen molar-refractivity contribution < 1.29 is 9.90 Å². The van der Waals surface area contributed by atoms with Gasteiger partial charge >= 0.3 is 0 Å². The fraction of sp³-hybridized carbons (Fsp3) is 0.700. The van der Waals surface area contributed by atoms with Crippen molar-refractivity contribution in [1.82, 2.24) is 19.7 Å². The predicted molar refractivity (Wildman–Crippen MR) is 56.6 cm³/mol. The van der Waals surface area contributed by atoms with Crippen molar-refractivity contribution in [2.24, 2.45) is 7.05 Å². The summed E-state index contributed by atoms with van der Waals surface area (Å²) >= 11 is 0. The highest BCUT2D eigenvalue weighted by Gasteiger charge is 2.26. The summed E-state index contributed by atoms with van der Waals surface area (Å²) in [5, 5.41) is 16.8. The highest BCUT2D eigenvalue weighted by molar-refractivity contribution is 5.77. The molecular formula is C10H16N4O2. The van der Waals surface area contributed by atoms with Crippen molar-refractivity contribution in [2.75, 3.05) is 19.7 Å². The van der Waals surface area contributed by atoms with E-state index in [1.807, 2.05) is 11.6 Å². The Bertz CT molecular complexity index is 377. The maximum absolute atomic E-state index is 11.4. The second-order valence-electron chi connectivity index (χ2n) is 4.14. The van der Waals surface area contributed by atoms with Gasteiger partial charge in [0.1, 0.15) is 18.8 Å². The largest absolute Gasteiger partial charge is 0.387 e. The number of nitrogens with zero attached hydrogens (tertiary/aromatic N) is 4. The number of aliphatic hydroxyl groups excluding tert-OH is 1. The van der Waals surface area contributed by atoms with E-state index < -0.39 is 6.61 Å². The first-order chi connectivity index (χ1) is 7.72. The first-order valence-electron chi connectivity index (χ1n) is 5.45. The number of piperidine rings is 1. The number of carbonyl (C=O) groups is 1. The van der Waals surface area contributed by atoms with Gasteiger partial charge in [0.25, 0.3) is 0 Å². The van der Waals surface area contributed by atoms with E-state index in [4.69, 9.17) is 5.11 Å². The van der Waals surface area contributed by atoms with E-state index in [1.165, 1.54) is 0 Å². The predicted octanol–water partition coefficient (Wildman–Crippen LogP) is -0.487. The molecule has 1 aromatic rings. The van der Waals surface area contributed by atoms with Gasteiger partial charge in [0.15, 0.2) is 0 Å². The molecule has 1 N–H and O–H groups in total. The first-order valence-corrected chi connectivity index (χ1v) is 5.45. The molecule has 1 aromatic heterocycles. The molecule has 6 nitrogen and oxygen atoms in total. The molecule has 6 heteroatoms. The number of hydrogen-bond donors (Lipinski definition) is 1. The van der Waals surface area contributed by atoms with Crippen molar-refractivity contribution in [3.8, 4) is 0 Å². The second kappa shape index (κ2) is 4.61. The Balaban J connectivity index is 2.07. The molecule has 0 saturated carbocycles. The Morgan fingerprint density at radius 1 is 1.69 bits per heavy atom. The average Bonchev–Trinajstić information content (AvgIpc) is 2.74. The SMILES string of the molecule is Cn1cnnc1C1CCCN(C(=O)CO)C1. The Morgan fingerprint density at radius 2 is 2.50 bits per heavy atom. The summed E-state index contributed by atoms with van der Waals surface area (Å²) in [6.07, 6.45) is 3.63. The number of amides is 1. The molecule has 1 unspecified atom stereocenters. The highest BCUT2D eigenvalue weighted by atomic mass is 16.3. The Kier molecular flexibility index (Phi) is 3.19. The number of likely N-dealkylation sites (tertiary alicyclic amines) is 1. The maximum atomic E-state index is 11.4.